The molecule has 202 valence electrons. The monoisotopic (exact) mass is 559 g/mol. The Morgan fingerprint density at radius 1 is 1.00 bits per heavy atom. The Morgan fingerprint density at radius 3 is 2.50 bits per heavy atom. The maximum atomic E-state index is 14.2. The summed E-state index contributed by atoms with van der Waals surface area (Å²) in [5.41, 5.74) is 7.78. The van der Waals surface area contributed by atoms with Crippen molar-refractivity contribution in [3.63, 3.8) is 0 Å². The van der Waals surface area contributed by atoms with Crippen LogP contribution >= 0.6 is 11.3 Å². The summed E-state index contributed by atoms with van der Waals surface area (Å²) < 4.78 is 29.2. The molecule has 0 aliphatic carbocycles. The van der Waals surface area contributed by atoms with Gasteiger partial charge < -0.3 is 15.2 Å². The van der Waals surface area contributed by atoms with E-state index in [1.807, 2.05) is 6.07 Å². The second-order valence-electron chi connectivity index (χ2n) is 8.95. The quantitative estimate of drug-likeness (QED) is 0.264. The van der Waals surface area contributed by atoms with Crippen molar-refractivity contribution in [2.24, 2.45) is 5.73 Å². The zero-order valence-electron chi connectivity index (χ0n) is 21.2. The van der Waals surface area contributed by atoms with Gasteiger partial charge in [0.1, 0.15) is 11.6 Å². The molecule has 11 heteroatoms. The van der Waals surface area contributed by atoms with Crippen molar-refractivity contribution in [2.45, 2.75) is 13.0 Å². The van der Waals surface area contributed by atoms with Crippen LogP contribution < -0.4 is 16.0 Å². The number of imidazole rings is 1. The van der Waals surface area contributed by atoms with E-state index >= 15 is 0 Å². The number of carbonyl (C=O) groups excluding carboxylic acids is 3. The largest absolute Gasteiger partial charge is 0.370 e. The van der Waals surface area contributed by atoms with Gasteiger partial charge in [0, 0.05) is 47.8 Å². The van der Waals surface area contributed by atoms with Crippen molar-refractivity contribution in [1.82, 2.24) is 9.55 Å². The Balaban J connectivity index is 1.44. The van der Waals surface area contributed by atoms with Gasteiger partial charge in [-0.3, -0.25) is 19.7 Å². The van der Waals surface area contributed by atoms with Crippen LogP contribution in [0.2, 0.25) is 0 Å². The molecule has 3 N–H and O–H groups in total. The standard InChI is InChI=1S/C29H23F2N5O3S/c1-35(28(39)17-5-3-2-4-6-17)19-8-10-23-22(16-19)33-29(36(23)14-13-26(32)37)34-27(38)25-12-11-24(40-25)20-9-7-18(30)15-21(20)31/h2-12,15-16H,13-14H2,1H3,(H2,32,37)(H,33,34,38). The predicted octanol–water partition coefficient (Wildman–Crippen LogP) is 5.45. The Morgan fingerprint density at radius 2 is 1.77 bits per heavy atom. The molecule has 0 saturated carbocycles. The fourth-order valence-electron chi connectivity index (χ4n) is 4.22. The third-order valence-corrected chi connectivity index (χ3v) is 7.40. The van der Waals surface area contributed by atoms with Gasteiger partial charge in [-0.25, -0.2) is 13.8 Å². The van der Waals surface area contributed by atoms with Crippen LogP contribution in [-0.4, -0.2) is 34.3 Å². The van der Waals surface area contributed by atoms with E-state index in [-0.39, 0.29) is 35.3 Å². The molecular formula is C29H23F2N5O3S. The van der Waals surface area contributed by atoms with Gasteiger partial charge in [0.05, 0.1) is 15.9 Å². The van der Waals surface area contributed by atoms with Gasteiger partial charge in [-0.2, -0.15) is 0 Å². The molecule has 0 spiro atoms. The number of aryl methyl sites for hydroxylation is 1. The minimum Gasteiger partial charge on any atom is -0.370 e. The van der Waals surface area contributed by atoms with Crippen molar-refractivity contribution < 1.29 is 23.2 Å². The molecule has 0 unspecified atom stereocenters. The molecule has 5 rings (SSSR count). The van der Waals surface area contributed by atoms with E-state index < -0.39 is 23.4 Å². The van der Waals surface area contributed by atoms with Crippen LogP contribution in [0.1, 0.15) is 26.5 Å². The number of thiophene rings is 1. The molecule has 0 bridgehead atoms. The zero-order chi connectivity index (χ0) is 28.4. The molecule has 0 aliphatic heterocycles. The predicted molar refractivity (Wildman–Crippen MR) is 150 cm³/mol. The fourth-order valence-corrected chi connectivity index (χ4v) is 5.15. The van der Waals surface area contributed by atoms with E-state index in [1.54, 1.807) is 60.1 Å². The smallest absolute Gasteiger partial charge is 0.268 e. The molecule has 3 aromatic carbocycles. The maximum absolute atomic E-state index is 14.2. The number of nitrogens with zero attached hydrogens (tertiary/aromatic N) is 3. The van der Waals surface area contributed by atoms with Crippen molar-refractivity contribution in [3.05, 3.63) is 101 Å². The van der Waals surface area contributed by atoms with Crippen LogP contribution in [0.5, 0.6) is 0 Å². The van der Waals surface area contributed by atoms with Gasteiger partial charge in [-0.05, 0) is 54.6 Å². The minimum atomic E-state index is -0.728. The van der Waals surface area contributed by atoms with Crippen LogP contribution in [0.25, 0.3) is 21.5 Å². The summed E-state index contributed by atoms with van der Waals surface area (Å²) in [6.07, 6.45) is 0.00940. The maximum Gasteiger partial charge on any atom is 0.268 e. The highest BCUT2D eigenvalue weighted by Crippen LogP contribution is 2.32. The lowest BCUT2D eigenvalue weighted by Gasteiger charge is -2.17. The van der Waals surface area contributed by atoms with Gasteiger partial charge in [0.25, 0.3) is 11.8 Å². The van der Waals surface area contributed by atoms with Crippen LogP contribution in [0.15, 0.2) is 78.9 Å². The SMILES string of the molecule is CN(C(=O)c1ccccc1)c1ccc2c(c1)nc(NC(=O)c1ccc(-c3ccc(F)cc3F)s1)n2CCC(N)=O. The van der Waals surface area contributed by atoms with Gasteiger partial charge >= 0.3 is 0 Å². The van der Waals surface area contributed by atoms with E-state index in [4.69, 9.17) is 5.73 Å². The first-order valence-corrected chi connectivity index (χ1v) is 13.0. The second-order valence-corrected chi connectivity index (χ2v) is 10.0. The molecular weight excluding hydrogens is 536 g/mol. The molecule has 8 nitrogen and oxygen atoms in total. The van der Waals surface area contributed by atoms with E-state index in [9.17, 15) is 23.2 Å². The number of primary amides is 1. The lowest BCUT2D eigenvalue weighted by molar-refractivity contribution is -0.118. The first kappa shape index (κ1) is 26.7. The Bertz CT molecular complexity index is 1750. The summed E-state index contributed by atoms with van der Waals surface area (Å²) >= 11 is 1.04. The van der Waals surface area contributed by atoms with E-state index in [1.165, 1.54) is 17.0 Å². The van der Waals surface area contributed by atoms with Crippen LogP contribution in [-0.2, 0) is 11.3 Å². The highest BCUT2D eigenvalue weighted by Gasteiger charge is 2.20. The first-order chi connectivity index (χ1) is 19.2. The second kappa shape index (κ2) is 11.1. The number of fused-ring (bicyclic) bond motifs is 1. The molecule has 40 heavy (non-hydrogen) atoms. The summed E-state index contributed by atoms with van der Waals surface area (Å²) in [5.74, 6) is -2.46. The number of benzene rings is 3. The topological polar surface area (TPSA) is 110 Å². The van der Waals surface area contributed by atoms with E-state index in [0.717, 1.165) is 23.5 Å². The summed E-state index contributed by atoms with van der Waals surface area (Å²) in [4.78, 5) is 44.4. The van der Waals surface area contributed by atoms with Crippen LogP contribution in [0.3, 0.4) is 0 Å². The Labute approximate surface area is 231 Å². The number of anilines is 2. The average Bonchev–Trinajstić information content (AvgIpc) is 3.56. The molecule has 0 fully saturated rings. The highest BCUT2D eigenvalue weighted by molar-refractivity contribution is 7.17. The third-order valence-electron chi connectivity index (χ3n) is 6.28. The number of nitrogens with one attached hydrogen (secondary N) is 1. The van der Waals surface area contributed by atoms with Gasteiger partial charge in [0.15, 0.2) is 0 Å². The van der Waals surface area contributed by atoms with Crippen molar-refractivity contribution in [1.29, 1.82) is 0 Å². The molecule has 0 saturated heterocycles. The molecule has 3 amide bonds. The average molecular weight is 560 g/mol. The number of carbonyl (C=O) groups is 3. The summed E-state index contributed by atoms with van der Waals surface area (Å²) in [6, 6.07) is 20.4. The van der Waals surface area contributed by atoms with Crippen LogP contribution in [0.4, 0.5) is 20.4 Å². The van der Waals surface area contributed by atoms with E-state index in [2.05, 4.69) is 10.3 Å². The van der Waals surface area contributed by atoms with E-state index in [0.29, 0.717) is 27.2 Å². The Kier molecular flexibility index (Phi) is 7.39. The lowest BCUT2D eigenvalue weighted by Crippen LogP contribution is -2.26. The van der Waals surface area contributed by atoms with Gasteiger partial charge in [-0.1, -0.05) is 18.2 Å². The highest BCUT2D eigenvalue weighted by atomic mass is 32.1. The molecule has 2 aromatic heterocycles. The number of nitrogens with two attached hydrogens (primary N) is 1. The third kappa shape index (κ3) is 5.45. The van der Waals surface area contributed by atoms with Crippen molar-refractivity contribution >= 4 is 51.7 Å². The molecule has 5 aromatic rings. The van der Waals surface area contributed by atoms with Crippen LogP contribution in [0, 0.1) is 11.6 Å². The first-order valence-electron chi connectivity index (χ1n) is 12.2. The normalized spacial score (nSPS) is 11.0. The van der Waals surface area contributed by atoms with Gasteiger partial charge in [-0.15, -0.1) is 11.3 Å². The number of hydrogen-bond acceptors (Lipinski definition) is 5. The molecule has 0 aliphatic rings. The number of halogens is 2. The summed E-state index contributed by atoms with van der Waals surface area (Å²) in [5, 5.41) is 2.76. The zero-order valence-corrected chi connectivity index (χ0v) is 22.0. The van der Waals surface area contributed by atoms with Crippen molar-refractivity contribution in [3.8, 4) is 10.4 Å². The summed E-state index contributed by atoms with van der Waals surface area (Å²) in [6.45, 7) is 0.163. The molecule has 0 radical (unpaired) electrons. The lowest BCUT2D eigenvalue weighted by atomic mass is 10.2. The van der Waals surface area contributed by atoms with Crippen molar-refractivity contribution in [2.75, 3.05) is 17.3 Å². The minimum absolute atomic E-state index is 0.00940. The Hall–Kier alpha value is -4.90. The number of rotatable bonds is 8. The summed E-state index contributed by atoms with van der Waals surface area (Å²) in [7, 11) is 1.65. The number of hydrogen-bond donors (Lipinski definition) is 2. The molecule has 0 atom stereocenters. The van der Waals surface area contributed by atoms with Gasteiger partial charge in [0.2, 0.25) is 11.9 Å². The number of aromatic nitrogens is 2. The number of amides is 3. The molecule has 2 heterocycles. The fraction of sp³-hybridized carbons (Fsp3) is 0.103.